The maximum absolute atomic E-state index is 10.4. The average Bonchev–Trinajstić information content (AvgIpc) is 2.11. The first-order valence-electron chi connectivity index (χ1n) is 4.34. The molecule has 15 heavy (non-hydrogen) atoms. The van der Waals surface area contributed by atoms with Crippen LogP contribution in [-0.4, -0.2) is 43.7 Å². The standard InChI is InChI=1S/C7H15NO3.CH3NO2/c1-4-10-7(8-3)5-11-6(2)9;2-1(3)4/h7-8H,4-5H2,1-3H3;2H2,(H,3,4). The van der Waals surface area contributed by atoms with E-state index in [0.29, 0.717) is 6.61 Å². The lowest BCUT2D eigenvalue weighted by atomic mass is 10.6. The molecule has 4 N–H and O–H groups in total. The van der Waals surface area contributed by atoms with Crippen molar-refractivity contribution >= 4 is 12.1 Å². The fraction of sp³-hybridized carbons (Fsp3) is 0.750. The molecule has 1 atom stereocenters. The SMILES string of the molecule is CCOC(COC(C)=O)NC.NC(=O)O. The molecular formula is C8H18N2O5. The topological polar surface area (TPSA) is 111 Å². The number of carbonyl (C=O) groups excluding carboxylic acids is 1. The van der Waals surface area contributed by atoms with E-state index in [9.17, 15) is 4.79 Å². The van der Waals surface area contributed by atoms with E-state index in [0.717, 1.165) is 0 Å². The molecular weight excluding hydrogens is 204 g/mol. The Morgan fingerprint density at radius 1 is 1.53 bits per heavy atom. The number of nitrogens with one attached hydrogen (secondary N) is 1. The molecule has 7 nitrogen and oxygen atoms in total. The largest absolute Gasteiger partial charge is 0.465 e. The highest BCUT2D eigenvalue weighted by Gasteiger charge is 2.05. The van der Waals surface area contributed by atoms with Gasteiger partial charge >= 0.3 is 12.1 Å². The van der Waals surface area contributed by atoms with Gasteiger partial charge in [-0.25, -0.2) is 4.79 Å². The van der Waals surface area contributed by atoms with Crippen molar-refractivity contribution in [3.63, 3.8) is 0 Å². The number of hydrogen-bond donors (Lipinski definition) is 3. The molecule has 0 spiro atoms. The van der Waals surface area contributed by atoms with Crippen molar-refractivity contribution in [2.24, 2.45) is 5.73 Å². The number of primary amides is 1. The van der Waals surface area contributed by atoms with E-state index in [1.54, 1.807) is 7.05 Å². The van der Waals surface area contributed by atoms with Crippen LogP contribution < -0.4 is 11.1 Å². The van der Waals surface area contributed by atoms with Crippen molar-refractivity contribution in [3.8, 4) is 0 Å². The lowest BCUT2D eigenvalue weighted by Gasteiger charge is -2.14. The minimum atomic E-state index is -1.33. The van der Waals surface area contributed by atoms with Gasteiger partial charge in [-0.3, -0.25) is 10.1 Å². The van der Waals surface area contributed by atoms with Crippen LogP contribution in [0.4, 0.5) is 4.79 Å². The van der Waals surface area contributed by atoms with Gasteiger partial charge in [0.25, 0.3) is 0 Å². The van der Waals surface area contributed by atoms with Crippen molar-refractivity contribution in [1.29, 1.82) is 0 Å². The number of esters is 1. The third-order valence-electron chi connectivity index (χ3n) is 1.13. The molecule has 1 unspecified atom stereocenters. The van der Waals surface area contributed by atoms with Crippen LogP contribution in [0.25, 0.3) is 0 Å². The zero-order chi connectivity index (χ0) is 12.3. The van der Waals surface area contributed by atoms with Gasteiger partial charge in [0.15, 0.2) is 0 Å². The summed E-state index contributed by atoms with van der Waals surface area (Å²) in [5.41, 5.74) is 4.03. The second-order valence-corrected chi connectivity index (χ2v) is 2.37. The number of likely N-dealkylation sites (N-methyl/N-ethyl adjacent to an activating group) is 1. The van der Waals surface area contributed by atoms with Crippen molar-refractivity contribution in [2.75, 3.05) is 20.3 Å². The Hall–Kier alpha value is -1.34. The molecule has 0 bridgehead atoms. The van der Waals surface area contributed by atoms with Crippen molar-refractivity contribution in [2.45, 2.75) is 20.1 Å². The highest BCUT2D eigenvalue weighted by Crippen LogP contribution is 1.88. The Labute approximate surface area is 88.5 Å². The van der Waals surface area contributed by atoms with Gasteiger partial charge in [-0.15, -0.1) is 0 Å². The molecule has 7 heteroatoms. The molecule has 0 heterocycles. The highest BCUT2D eigenvalue weighted by molar-refractivity contribution is 5.65. The first kappa shape index (κ1) is 16.1. The van der Waals surface area contributed by atoms with Crippen LogP contribution in [0.3, 0.4) is 0 Å². The van der Waals surface area contributed by atoms with Crippen LogP contribution in [0.5, 0.6) is 0 Å². The summed E-state index contributed by atoms with van der Waals surface area (Å²) >= 11 is 0. The summed E-state index contributed by atoms with van der Waals surface area (Å²) in [7, 11) is 1.75. The molecule has 0 aromatic carbocycles. The number of hydrogen-bond acceptors (Lipinski definition) is 5. The van der Waals surface area contributed by atoms with Crippen molar-refractivity contribution in [1.82, 2.24) is 5.32 Å². The van der Waals surface area contributed by atoms with Crippen LogP contribution in [0, 0.1) is 0 Å². The van der Waals surface area contributed by atoms with Crippen LogP contribution in [0.2, 0.25) is 0 Å². The quantitative estimate of drug-likeness (QED) is 0.437. The summed E-state index contributed by atoms with van der Waals surface area (Å²) in [6, 6.07) is 0. The van der Waals surface area contributed by atoms with Gasteiger partial charge in [-0.1, -0.05) is 0 Å². The molecule has 0 saturated carbocycles. The molecule has 0 aliphatic carbocycles. The van der Waals surface area contributed by atoms with Crippen LogP contribution in [0.15, 0.2) is 0 Å². The molecule has 0 saturated heterocycles. The lowest BCUT2D eigenvalue weighted by molar-refractivity contribution is -0.145. The van der Waals surface area contributed by atoms with E-state index in [2.05, 4.69) is 11.1 Å². The smallest absolute Gasteiger partial charge is 0.402 e. The zero-order valence-corrected chi connectivity index (χ0v) is 9.15. The molecule has 0 fully saturated rings. The molecule has 0 aliphatic rings. The van der Waals surface area contributed by atoms with Crippen molar-refractivity contribution in [3.05, 3.63) is 0 Å². The normalized spacial score (nSPS) is 10.9. The Bertz CT molecular complexity index is 182. The maximum atomic E-state index is 10.4. The summed E-state index contributed by atoms with van der Waals surface area (Å²) in [6.45, 7) is 4.13. The molecule has 90 valence electrons. The van der Waals surface area contributed by atoms with E-state index in [-0.39, 0.29) is 18.8 Å². The summed E-state index contributed by atoms with van der Waals surface area (Å²) in [6.07, 6.45) is -1.52. The Morgan fingerprint density at radius 2 is 2.00 bits per heavy atom. The fourth-order valence-electron chi connectivity index (χ4n) is 0.609. The third kappa shape index (κ3) is 19.2. The highest BCUT2D eigenvalue weighted by atomic mass is 16.6. The molecule has 0 rings (SSSR count). The molecule has 1 amide bonds. The van der Waals surface area contributed by atoms with E-state index < -0.39 is 6.09 Å². The summed E-state index contributed by atoms with van der Waals surface area (Å²) in [5.74, 6) is -0.287. The Morgan fingerprint density at radius 3 is 2.27 bits per heavy atom. The third-order valence-corrected chi connectivity index (χ3v) is 1.13. The van der Waals surface area contributed by atoms with E-state index >= 15 is 0 Å². The number of nitrogens with two attached hydrogens (primary N) is 1. The number of ether oxygens (including phenoxy) is 2. The number of amides is 1. The van der Waals surface area contributed by atoms with Gasteiger partial charge in [0.1, 0.15) is 12.8 Å². The van der Waals surface area contributed by atoms with Crippen LogP contribution in [0.1, 0.15) is 13.8 Å². The van der Waals surface area contributed by atoms with E-state index in [4.69, 9.17) is 19.4 Å². The van der Waals surface area contributed by atoms with Crippen LogP contribution in [-0.2, 0) is 14.3 Å². The second-order valence-electron chi connectivity index (χ2n) is 2.37. The van der Waals surface area contributed by atoms with E-state index in [1.807, 2.05) is 6.92 Å². The number of carboxylic acid groups (broad SMARTS) is 1. The summed E-state index contributed by atoms with van der Waals surface area (Å²) < 4.78 is 9.87. The molecule has 0 aromatic heterocycles. The van der Waals surface area contributed by atoms with E-state index in [1.165, 1.54) is 6.92 Å². The predicted octanol–water partition coefficient (Wildman–Crippen LogP) is -0.245. The van der Waals surface area contributed by atoms with Gasteiger partial charge in [0.2, 0.25) is 0 Å². The van der Waals surface area contributed by atoms with Gasteiger partial charge in [-0.05, 0) is 14.0 Å². The number of carbonyl (C=O) groups is 2. The number of rotatable bonds is 5. The Kier molecular flexibility index (Phi) is 11.5. The van der Waals surface area contributed by atoms with Gasteiger partial charge in [0, 0.05) is 13.5 Å². The second kappa shape index (κ2) is 10.7. The fourth-order valence-corrected chi connectivity index (χ4v) is 0.609. The first-order valence-corrected chi connectivity index (χ1v) is 4.34. The van der Waals surface area contributed by atoms with Gasteiger partial charge < -0.3 is 20.3 Å². The first-order chi connectivity index (χ1) is 6.93. The minimum Gasteiger partial charge on any atom is -0.465 e. The summed E-state index contributed by atoms with van der Waals surface area (Å²) in [4.78, 5) is 19.1. The zero-order valence-electron chi connectivity index (χ0n) is 9.15. The monoisotopic (exact) mass is 222 g/mol. The minimum absolute atomic E-state index is 0.191. The maximum Gasteiger partial charge on any atom is 0.402 e. The Balaban J connectivity index is 0. The lowest BCUT2D eigenvalue weighted by Crippen LogP contribution is -2.33. The predicted molar refractivity (Wildman–Crippen MR) is 53.3 cm³/mol. The van der Waals surface area contributed by atoms with Crippen molar-refractivity contribution < 1.29 is 24.2 Å². The van der Waals surface area contributed by atoms with Crippen LogP contribution >= 0.6 is 0 Å². The molecule has 0 aliphatic heterocycles. The molecule has 0 aromatic rings. The van der Waals surface area contributed by atoms with Gasteiger partial charge in [0.05, 0.1) is 0 Å². The average molecular weight is 222 g/mol. The van der Waals surface area contributed by atoms with Gasteiger partial charge in [-0.2, -0.15) is 0 Å². The summed E-state index contributed by atoms with van der Waals surface area (Å²) in [5, 5.41) is 10.1. The molecule has 0 radical (unpaired) electrons.